The molecule has 2 saturated carbocycles. The zero-order chi connectivity index (χ0) is 20.8. The topological polar surface area (TPSA) is 3.24 Å². The highest BCUT2D eigenvalue weighted by molar-refractivity contribution is 4.91. The van der Waals surface area contributed by atoms with Gasteiger partial charge in [0.25, 0.3) is 0 Å². The van der Waals surface area contributed by atoms with Crippen LogP contribution in [0.3, 0.4) is 0 Å². The Kier molecular flexibility index (Phi) is 15.8. The first-order valence-corrected chi connectivity index (χ1v) is 12.8. The van der Waals surface area contributed by atoms with Crippen molar-refractivity contribution in [2.75, 3.05) is 6.54 Å². The summed E-state index contributed by atoms with van der Waals surface area (Å²) in [4.78, 5) is 2.61. The predicted octanol–water partition coefficient (Wildman–Crippen LogP) is 8.57. The molecule has 0 spiro atoms. The summed E-state index contributed by atoms with van der Waals surface area (Å²) in [5.74, 6) is 4.01. The van der Waals surface area contributed by atoms with Gasteiger partial charge in [0.1, 0.15) is 0 Å². The van der Waals surface area contributed by atoms with Crippen molar-refractivity contribution in [3.8, 4) is 0 Å². The summed E-state index contributed by atoms with van der Waals surface area (Å²) in [6, 6.07) is 1.56. The molecule has 27 heavy (non-hydrogen) atoms. The molecule has 164 valence electrons. The average molecular weight is 382 g/mol. The number of hydrogen-bond donors (Lipinski definition) is 0. The van der Waals surface area contributed by atoms with Gasteiger partial charge in [-0.2, -0.15) is 0 Å². The second kappa shape index (κ2) is 15.8. The summed E-state index contributed by atoms with van der Waals surface area (Å²) in [6.07, 6.45) is 15.4. The number of hydrogen-bond acceptors (Lipinski definition) is 1. The van der Waals surface area contributed by atoms with Gasteiger partial charge in [0, 0.05) is 12.1 Å². The van der Waals surface area contributed by atoms with Crippen LogP contribution >= 0.6 is 0 Å². The van der Waals surface area contributed by atoms with E-state index in [2.05, 4.69) is 39.5 Å². The van der Waals surface area contributed by atoms with Crippen LogP contribution in [-0.4, -0.2) is 23.5 Å². The SMILES string of the molecule is C1CCC(C2CCCCC2)CC1.CC.CC.CCN1[C@H](C)[C@H](C)[C@H](C)[C@@H]1C. The quantitative estimate of drug-likeness (QED) is 0.463. The lowest BCUT2D eigenvalue weighted by Gasteiger charge is -2.32. The van der Waals surface area contributed by atoms with Crippen LogP contribution < -0.4 is 0 Å². The molecule has 0 aromatic heterocycles. The molecule has 1 heterocycles. The van der Waals surface area contributed by atoms with E-state index in [1.54, 1.807) is 25.7 Å². The number of rotatable bonds is 2. The van der Waals surface area contributed by atoms with Gasteiger partial charge in [0.2, 0.25) is 0 Å². The van der Waals surface area contributed by atoms with Gasteiger partial charge in [-0.15, -0.1) is 0 Å². The van der Waals surface area contributed by atoms with Crippen LogP contribution in [0.15, 0.2) is 0 Å². The van der Waals surface area contributed by atoms with Crippen molar-refractivity contribution in [2.45, 2.75) is 139 Å². The number of likely N-dealkylation sites (tertiary alicyclic amines) is 1. The molecule has 0 radical (unpaired) electrons. The third-order valence-corrected chi connectivity index (χ3v) is 7.73. The largest absolute Gasteiger partial charge is 0.298 e. The van der Waals surface area contributed by atoms with E-state index in [-0.39, 0.29) is 0 Å². The molecule has 2 aliphatic carbocycles. The fourth-order valence-electron chi connectivity index (χ4n) is 5.64. The second-order valence-corrected chi connectivity index (χ2v) is 8.83. The van der Waals surface area contributed by atoms with Gasteiger partial charge in [0.15, 0.2) is 0 Å². The molecule has 3 rings (SSSR count). The van der Waals surface area contributed by atoms with Crippen molar-refractivity contribution in [3.63, 3.8) is 0 Å². The Hall–Kier alpha value is -0.0400. The van der Waals surface area contributed by atoms with E-state index in [0.29, 0.717) is 0 Å². The van der Waals surface area contributed by atoms with E-state index in [0.717, 1.165) is 35.8 Å². The Morgan fingerprint density at radius 1 is 0.556 bits per heavy atom. The monoisotopic (exact) mass is 381 g/mol. The molecule has 0 amide bonds. The highest BCUT2D eigenvalue weighted by Gasteiger charge is 2.38. The molecule has 0 aromatic carbocycles. The predicted molar refractivity (Wildman–Crippen MR) is 125 cm³/mol. The average Bonchev–Trinajstić information content (AvgIpc) is 2.95. The van der Waals surface area contributed by atoms with Gasteiger partial charge in [-0.25, -0.2) is 0 Å². The van der Waals surface area contributed by atoms with Crippen LogP contribution in [0.2, 0.25) is 0 Å². The van der Waals surface area contributed by atoms with Crippen LogP contribution in [-0.2, 0) is 0 Å². The molecule has 1 saturated heterocycles. The van der Waals surface area contributed by atoms with Crippen molar-refractivity contribution >= 4 is 0 Å². The van der Waals surface area contributed by atoms with Gasteiger partial charge >= 0.3 is 0 Å². The molecule has 0 aromatic rings. The van der Waals surface area contributed by atoms with Crippen molar-refractivity contribution < 1.29 is 0 Å². The first-order valence-electron chi connectivity index (χ1n) is 12.8. The van der Waals surface area contributed by atoms with Crippen LogP contribution in [0.4, 0.5) is 0 Å². The van der Waals surface area contributed by atoms with Gasteiger partial charge in [-0.05, 0) is 44.1 Å². The molecular weight excluding hydrogens is 326 g/mol. The van der Waals surface area contributed by atoms with Crippen LogP contribution in [0.5, 0.6) is 0 Å². The van der Waals surface area contributed by atoms with Crippen molar-refractivity contribution in [3.05, 3.63) is 0 Å². The third-order valence-electron chi connectivity index (χ3n) is 7.73. The summed E-state index contributed by atoms with van der Waals surface area (Å²) in [6.45, 7) is 20.9. The Labute approximate surface area is 174 Å². The lowest BCUT2D eigenvalue weighted by Crippen LogP contribution is -2.34. The van der Waals surface area contributed by atoms with E-state index in [1.807, 2.05) is 27.7 Å². The first kappa shape index (κ1) is 27.0. The van der Waals surface area contributed by atoms with Crippen molar-refractivity contribution in [1.82, 2.24) is 4.90 Å². The minimum absolute atomic E-state index is 0.782. The Balaban J connectivity index is 0.000000425. The number of nitrogens with zero attached hydrogens (tertiary/aromatic N) is 1. The Bertz CT molecular complexity index is 284. The normalized spacial score (nSPS) is 32.3. The molecule has 1 heteroatoms. The maximum atomic E-state index is 2.61. The molecule has 0 N–H and O–H groups in total. The van der Waals surface area contributed by atoms with E-state index in [4.69, 9.17) is 0 Å². The maximum absolute atomic E-state index is 2.61. The summed E-state index contributed by atoms with van der Waals surface area (Å²) < 4.78 is 0. The van der Waals surface area contributed by atoms with Crippen LogP contribution in [0, 0.1) is 23.7 Å². The molecule has 3 fully saturated rings. The fraction of sp³-hybridized carbons (Fsp3) is 1.00. The summed E-state index contributed by atoms with van der Waals surface area (Å²) in [5.41, 5.74) is 0. The van der Waals surface area contributed by atoms with E-state index in [9.17, 15) is 0 Å². The summed E-state index contributed by atoms with van der Waals surface area (Å²) in [5, 5.41) is 0. The van der Waals surface area contributed by atoms with E-state index < -0.39 is 0 Å². The van der Waals surface area contributed by atoms with Crippen molar-refractivity contribution in [2.24, 2.45) is 23.7 Å². The standard InChI is InChI=1S/C12H22.C10H21N.2C2H6/c1-3-7-11(8-4-1)12-9-5-2-6-10-12;1-6-11-9(4)7(2)8(3)10(11)5;2*1-2/h11-12H,1-10H2;7-10H,6H2,1-5H3;2*1-2H3/t;7-,8+,9-,10+;;. The van der Waals surface area contributed by atoms with Crippen LogP contribution in [0.1, 0.15) is 127 Å². The molecule has 1 aliphatic heterocycles. The molecule has 0 unspecified atom stereocenters. The van der Waals surface area contributed by atoms with E-state index >= 15 is 0 Å². The zero-order valence-corrected chi connectivity index (χ0v) is 20.7. The summed E-state index contributed by atoms with van der Waals surface area (Å²) >= 11 is 0. The lowest BCUT2D eigenvalue weighted by atomic mass is 9.73. The lowest BCUT2D eigenvalue weighted by molar-refractivity contribution is 0.196. The van der Waals surface area contributed by atoms with Crippen molar-refractivity contribution in [1.29, 1.82) is 0 Å². The highest BCUT2D eigenvalue weighted by Crippen LogP contribution is 2.38. The van der Waals surface area contributed by atoms with Gasteiger partial charge < -0.3 is 0 Å². The smallest absolute Gasteiger partial charge is 0.00984 e. The van der Waals surface area contributed by atoms with Crippen LogP contribution in [0.25, 0.3) is 0 Å². The fourth-order valence-corrected chi connectivity index (χ4v) is 5.64. The summed E-state index contributed by atoms with van der Waals surface area (Å²) in [7, 11) is 0. The maximum Gasteiger partial charge on any atom is 0.00984 e. The van der Waals surface area contributed by atoms with Gasteiger partial charge in [-0.3, -0.25) is 4.90 Å². The third kappa shape index (κ3) is 8.46. The Morgan fingerprint density at radius 2 is 0.852 bits per heavy atom. The van der Waals surface area contributed by atoms with Gasteiger partial charge in [0.05, 0.1) is 0 Å². The molecule has 1 nitrogen and oxygen atoms in total. The van der Waals surface area contributed by atoms with E-state index in [1.165, 1.54) is 45.1 Å². The zero-order valence-electron chi connectivity index (χ0n) is 20.7. The molecule has 0 bridgehead atoms. The second-order valence-electron chi connectivity index (χ2n) is 8.83. The minimum Gasteiger partial charge on any atom is -0.298 e. The highest BCUT2D eigenvalue weighted by atomic mass is 15.2. The minimum atomic E-state index is 0.782. The first-order chi connectivity index (χ1) is 13.1. The molecule has 4 atom stereocenters. The van der Waals surface area contributed by atoms with Gasteiger partial charge in [-0.1, -0.05) is 113 Å². The molecular formula is C26H55N. The molecule has 3 aliphatic rings. The Morgan fingerprint density at radius 3 is 1.07 bits per heavy atom.